The van der Waals surface area contributed by atoms with Crippen LogP contribution in [-0.4, -0.2) is 59.5 Å². The van der Waals surface area contributed by atoms with E-state index in [2.05, 4.69) is 24.1 Å². The summed E-state index contributed by atoms with van der Waals surface area (Å²) >= 11 is 1.58. The van der Waals surface area contributed by atoms with Crippen LogP contribution in [-0.2, 0) is 14.3 Å². The van der Waals surface area contributed by atoms with Crippen molar-refractivity contribution in [1.29, 1.82) is 0 Å². The fourth-order valence-corrected chi connectivity index (χ4v) is 4.20. The van der Waals surface area contributed by atoms with Crippen molar-refractivity contribution in [2.75, 3.05) is 25.1 Å². The van der Waals surface area contributed by atoms with Crippen molar-refractivity contribution in [1.82, 2.24) is 15.5 Å². The topological polar surface area (TPSA) is 87.7 Å². The molecule has 0 fully saturated rings. The van der Waals surface area contributed by atoms with Gasteiger partial charge in [-0.1, -0.05) is 48.7 Å². The molecule has 2 atom stereocenters. The molecule has 35 heavy (non-hydrogen) atoms. The number of thioether (sulfide) groups is 1. The molecule has 1 aromatic carbocycles. The number of carbonyl (C=O) groups is 3. The molecule has 0 saturated carbocycles. The number of aryl methyl sites for hydroxylation is 2. The van der Waals surface area contributed by atoms with E-state index in [0.717, 1.165) is 29.5 Å². The number of unbranched alkanes of at least 4 members (excludes halogenated alkanes) is 1. The van der Waals surface area contributed by atoms with Crippen LogP contribution >= 0.6 is 11.8 Å². The van der Waals surface area contributed by atoms with Crippen LogP contribution in [0.2, 0.25) is 0 Å². The number of benzene rings is 1. The predicted octanol–water partition coefficient (Wildman–Crippen LogP) is 4.92. The zero-order valence-corrected chi connectivity index (χ0v) is 23.2. The molecule has 0 aliphatic carbocycles. The molecule has 0 spiro atoms. The zero-order chi connectivity index (χ0) is 26.6. The van der Waals surface area contributed by atoms with Crippen LogP contribution in [0.1, 0.15) is 69.7 Å². The minimum atomic E-state index is -0.854. The smallest absolute Gasteiger partial charge is 0.408 e. The van der Waals surface area contributed by atoms with Crippen molar-refractivity contribution in [3.05, 3.63) is 47.5 Å². The second kappa shape index (κ2) is 14.8. The molecule has 0 saturated heterocycles. The standard InChI is InChI=1S/C27H43N3O4S/c1-9-11-13-28-24(31)23(21-17-19(3)16-20(4)18-21)30(14-10-2)25(32)22(12-15-35-8)29-26(33)34-27(5,6)7/h10,16-18,22-23H,2,9,11-15H2,1,3-8H3,(H,28,31)(H,29,33). The Hall–Kier alpha value is -2.48. The van der Waals surface area contributed by atoms with E-state index in [-0.39, 0.29) is 18.4 Å². The summed E-state index contributed by atoms with van der Waals surface area (Å²) in [5.74, 6) is 0.0598. The lowest BCUT2D eigenvalue weighted by molar-refractivity contribution is -0.141. The van der Waals surface area contributed by atoms with Gasteiger partial charge in [0.2, 0.25) is 11.8 Å². The van der Waals surface area contributed by atoms with E-state index >= 15 is 0 Å². The van der Waals surface area contributed by atoms with Crippen molar-refractivity contribution in [2.24, 2.45) is 0 Å². The summed E-state index contributed by atoms with van der Waals surface area (Å²) in [6.45, 7) is 15.8. The van der Waals surface area contributed by atoms with Gasteiger partial charge in [0.05, 0.1) is 0 Å². The maximum absolute atomic E-state index is 13.9. The van der Waals surface area contributed by atoms with Gasteiger partial charge in [0.1, 0.15) is 17.7 Å². The van der Waals surface area contributed by atoms with Crippen LogP contribution in [0, 0.1) is 13.8 Å². The maximum Gasteiger partial charge on any atom is 0.408 e. The predicted molar refractivity (Wildman–Crippen MR) is 145 cm³/mol. The third-order valence-electron chi connectivity index (χ3n) is 5.16. The Bertz CT molecular complexity index is 846. The summed E-state index contributed by atoms with van der Waals surface area (Å²) in [7, 11) is 0. The Labute approximate surface area is 215 Å². The van der Waals surface area contributed by atoms with Gasteiger partial charge in [-0.2, -0.15) is 11.8 Å². The third-order valence-corrected chi connectivity index (χ3v) is 5.80. The molecule has 2 unspecified atom stereocenters. The van der Waals surface area contributed by atoms with Crippen molar-refractivity contribution in [3.63, 3.8) is 0 Å². The van der Waals surface area contributed by atoms with E-state index in [9.17, 15) is 14.4 Å². The van der Waals surface area contributed by atoms with Gasteiger partial charge in [0, 0.05) is 13.1 Å². The number of nitrogens with one attached hydrogen (secondary N) is 2. The Kier molecular flexibility index (Phi) is 12.9. The minimum absolute atomic E-state index is 0.156. The lowest BCUT2D eigenvalue weighted by Gasteiger charge is -2.34. The van der Waals surface area contributed by atoms with Gasteiger partial charge in [-0.05, 0) is 65.0 Å². The Balaban J connectivity index is 3.42. The van der Waals surface area contributed by atoms with Crippen LogP contribution in [0.25, 0.3) is 0 Å². The first-order chi connectivity index (χ1) is 16.4. The lowest BCUT2D eigenvalue weighted by atomic mass is 9.98. The molecule has 2 N–H and O–H groups in total. The number of ether oxygens (including phenoxy) is 1. The number of hydrogen-bond donors (Lipinski definition) is 2. The molecule has 0 radical (unpaired) electrons. The molecular weight excluding hydrogens is 462 g/mol. The number of carbonyl (C=O) groups excluding carboxylic acids is 3. The minimum Gasteiger partial charge on any atom is -0.444 e. The highest BCUT2D eigenvalue weighted by Gasteiger charge is 2.35. The Morgan fingerprint density at radius 2 is 1.80 bits per heavy atom. The molecule has 0 aliphatic rings. The normalized spacial score (nSPS) is 12.9. The SMILES string of the molecule is C=CCN(C(=O)C(CCSC)NC(=O)OC(C)(C)C)C(C(=O)NCCCC)c1cc(C)cc(C)c1. The number of rotatable bonds is 13. The van der Waals surface area contributed by atoms with Crippen molar-refractivity contribution in [2.45, 2.75) is 78.5 Å². The largest absolute Gasteiger partial charge is 0.444 e. The van der Waals surface area contributed by atoms with E-state index in [1.165, 1.54) is 4.90 Å². The first-order valence-corrected chi connectivity index (χ1v) is 13.6. The van der Waals surface area contributed by atoms with Crippen molar-refractivity contribution in [3.8, 4) is 0 Å². The highest BCUT2D eigenvalue weighted by atomic mass is 32.2. The molecule has 1 rings (SSSR count). The number of nitrogens with zero attached hydrogens (tertiary/aromatic N) is 1. The van der Waals surface area contributed by atoms with E-state index in [4.69, 9.17) is 4.74 Å². The van der Waals surface area contributed by atoms with Crippen LogP contribution in [0.15, 0.2) is 30.9 Å². The summed E-state index contributed by atoms with van der Waals surface area (Å²) in [6.07, 6.45) is 5.08. The Morgan fingerprint density at radius 3 is 2.31 bits per heavy atom. The monoisotopic (exact) mass is 505 g/mol. The zero-order valence-electron chi connectivity index (χ0n) is 22.4. The third kappa shape index (κ3) is 10.8. The fraction of sp³-hybridized carbons (Fsp3) is 0.593. The highest BCUT2D eigenvalue weighted by molar-refractivity contribution is 7.98. The average Bonchev–Trinajstić information content (AvgIpc) is 2.74. The second-order valence-electron chi connectivity index (χ2n) is 9.73. The average molecular weight is 506 g/mol. The quantitative estimate of drug-likeness (QED) is 0.293. The molecule has 0 aliphatic heterocycles. The van der Waals surface area contributed by atoms with Gasteiger partial charge in [-0.3, -0.25) is 9.59 Å². The van der Waals surface area contributed by atoms with E-state index in [1.807, 2.05) is 38.3 Å². The fourth-order valence-electron chi connectivity index (χ4n) is 3.73. The summed E-state index contributed by atoms with van der Waals surface area (Å²) in [5.41, 5.74) is 2.04. The van der Waals surface area contributed by atoms with Gasteiger partial charge in [-0.15, -0.1) is 6.58 Å². The van der Waals surface area contributed by atoms with Gasteiger partial charge in [-0.25, -0.2) is 4.79 Å². The molecule has 0 bridgehead atoms. The van der Waals surface area contributed by atoms with E-state index < -0.39 is 23.8 Å². The number of amides is 3. The molecule has 7 nitrogen and oxygen atoms in total. The van der Waals surface area contributed by atoms with Crippen molar-refractivity contribution >= 4 is 29.7 Å². The van der Waals surface area contributed by atoms with Gasteiger partial charge in [0.25, 0.3) is 0 Å². The van der Waals surface area contributed by atoms with E-state index in [0.29, 0.717) is 18.7 Å². The molecule has 0 aromatic heterocycles. The molecule has 1 aromatic rings. The second-order valence-corrected chi connectivity index (χ2v) is 10.7. The van der Waals surface area contributed by atoms with Gasteiger partial charge in [0.15, 0.2) is 0 Å². The van der Waals surface area contributed by atoms with Crippen LogP contribution in [0.3, 0.4) is 0 Å². The first kappa shape index (κ1) is 30.6. The van der Waals surface area contributed by atoms with Crippen LogP contribution < -0.4 is 10.6 Å². The van der Waals surface area contributed by atoms with Crippen LogP contribution in [0.4, 0.5) is 4.79 Å². The molecular formula is C27H43N3O4S. The molecule has 0 heterocycles. The van der Waals surface area contributed by atoms with Crippen molar-refractivity contribution < 1.29 is 19.1 Å². The summed E-state index contributed by atoms with van der Waals surface area (Å²) < 4.78 is 5.40. The lowest BCUT2D eigenvalue weighted by Crippen LogP contribution is -2.53. The Morgan fingerprint density at radius 1 is 1.17 bits per heavy atom. The molecule has 3 amide bonds. The van der Waals surface area contributed by atoms with Crippen LogP contribution in [0.5, 0.6) is 0 Å². The summed E-state index contributed by atoms with van der Waals surface area (Å²) in [6, 6.07) is 4.19. The summed E-state index contributed by atoms with van der Waals surface area (Å²) in [5, 5.41) is 5.72. The van der Waals surface area contributed by atoms with Gasteiger partial charge < -0.3 is 20.3 Å². The van der Waals surface area contributed by atoms with E-state index in [1.54, 1.807) is 38.6 Å². The molecule has 196 valence electrons. The summed E-state index contributed by atoms with van der Waals surface area (Å²) in [4.78, 5) is 41.4. The highest BCUT2D eigenvalue weighted by Crippen LogP contribution is 2.25. The van der Waals surface area contributed by atoms with Gasteiger partial charge >= 0.3 is 6.09 Å². The number of hydrogen-bond acceptors (Lipinski definition) is 5. The first-order valence-electron chi connectivity index (χ1n) is 12.2. The number of alkyl carbamates (subject to hydrolysis) is 1. The maximum atomic E-state index is 13.9. The molecule has 8 heteroatoms.